The molecule has 2 heterocycles. The Labute approximate surface area is 232 Å². The van der Waals surface area contributed by atoms with E-state index in [1.807, 2.05) is 6.20 Å². The fourth-order valence-electron chi connectivity index (χ4n) is 5.44. The average Bonchev–Trinajstić information content (AvgIpc) is 3.26. The number of hydrogen-bond donors (Lipinski definition) is 0. The molecular weight excluding hydrogens is 472 g/mol. The van der Waals surface area contributed by atoms with Gasteiger partial charge in [0.25, 0.3) is 0 Å². The Hall–Kier alpha value is -4.17. The predicted octanol–water partition coefficient (Wildman–Crippen LogP) is 10.1. The lowest BCUT2D eigenvalue weighted by molar-refractivity contribution is 0.590. The summed E-state index contributed by atoms with van der Waals surface area (Å²) in [5.74, 6) is 0. The lowest BCUT2D eigenvalue weighted by atomic mass is 9.86. The van der Waals surface area contributed by atoms with E-state index in [4.69, 9.17) is 4.98 Å². The van der Waals surface area contributed by atoms with Crippen LogP contribution in [0, 0.1) is 0 Å². The molecule has 6 rings (SSSR count). The Morgan fingerprint density at radius 2 is 1.10 bits per heavy atom. The first-order valence-corrected chi connectivity index (χ1v) is 13.8. The van der Waals surface area contributed by atoms with Gasteiger partial charge in [0, 0.05) is 28.2 Å². The molecule has 0 spiro atoms. The van der Waals surface area contributed by atoms with Crippen molar-refractivity contribution >= 4 is 21.8 Å². The van der Waals surface area contributed by atoms with Crippen molar-refractivity contribution in [3.8, 4) is 28.1 Å². The van der Waals surface area contributed by atoms with E-state index in [0.29, 0.717) is 0 Å². The zero-order valence-electron chi connectivity index (χ0n) is 23.8. The van der Waals surface area contributed by atoms with Gasteiger partial charge in [0.1, 0.15) is 0 Å². The first-order valence-electron chi connectivity index (χ1n) is 13.8. The molecule has 0 aliphatic rings. The maximum atomic E-state index is 4.76. The molecular formula is C37H36N2. The van der Waals surface area contributed by atoms with E-state index in [1.54, 1.807) is 0 Å². The molecule has 6 aromatic rings. The lowest BCUT2D eigenvalue weighted by Crippen LogP contribution is -2.10. The Kier molecular flexibility index (Phi) is 5.95. The van der Waals surface area contributed by atoms with E-state index in [9.17, 15) is 0 Å². The molecule has 39 heavy (non-hydrogen) atoms. The van der Waals surface area contributed by atoms with Gasteiger partial charge in [-0.15, -0.1) is 0 Å². The van der Waals surface area contributed by atoms with Gasteiger partial charge in [-0.25, -0.2) is 0 Å². The third-order valence-electron chi connectivity index (χ3n) is 7.79. The molecule has 4 aromatic carbocycles. The van der Waals surface area contributed by atoms with Gasteiger partial charge in [-0.3, -0.25) is 4.98 Å². The van der Waals surface area contributed by atoms with Crippen LogP contribution in [0.1, 0.15) is 52.7 Å². The second-order valence-corrected chi connectivity index (χ2v) is 12.6. The highest BCUT2D eigenvalue weighted by Crippen LogP contribution is 2.38. The number of fused-ring (bicyclic) bond motifs is 3. The summed E-state index contributed by atoms with van der Waals surface area (Å²) in [4.78, 5) is 4.76. The predicted molar refractivity (Wildman–Crippen MR) is 167 cm³/mol. The van der Waals surface area contributed by atoms with Gasteiger partial charge in [-0.05, 0) is 69.5 Å². The highest BCUT2D eigenvalue weighted by Gasteiger charge is 2.19. The largest absolute Gasteiger partial charge is 0.309 e. The van der Waals surface area contributed by atoms with Gasteiger partial charge in [0.2, 0.25) is 0 Å². The SMILES string of the molecule is CC(C)(C)c1ccc(-c2cc(-n3c4ccc(-c5ccccc5)cc4c4cc(C(C)(C)C)ccc43)ccn2)cc1. The molecule has 0 unspecified atom stereocenters. The summed E-state index contributed by atoms with van der Waals surface area (Å²) in [5, 5.41) is 2.55. The van der Waals surface area contributed by atoms with Crippen LogP contribution in [-0.2, 0) is 10.8 Å². The van der Waals surface area contributed by atoms with Crippen LogP contribution in [0.2, 0.25) is 0 Å². The van der Waals surface area contributed by atoms with Gasteiger partial charge in [-0.2, -0.15) is 0 Å². The molecule has 2 heteroatoms. The van der Waals surface area contributed by atoms with Crippen LogP contribution in [0.5, 0.6) is 0 Å². The number of rotatable bonds is 3. The van der Waals surface area contributed by atoms with E-state index in [1.165, 1.54) is 44.1 Å². The summed E-state index contributed by atoms with van der Waals surface area (Å²) < 4.78 is 2.39. The van der Waals surface area contributed by atoms with Crippen molar-refractivity contribution in [2.75, 3.05) is 0 Å². The molecule has 2 aromatic heterocycles. The molecule has 0 bridgehead atoms. The highest BCUT2D eigenvalue weighted by atomic mass is 15.0. The third kappa shape index (κ3) is 4.65. The molecule has 0 saturated carbocycles. The maximum absolute atomic E-state index is 4.76. The van der Waals surface area contributed by atoms with Gasteiger partial charge in [0.05, 0.1) is 16.7 Å². The minimum atomic E-state index is 0.0721. The topological polar surface area (TPSA) is 17.8 Å². The minimum Gasteiger partial charge on any atom is -0.309 e. The van der Waals surface area contributed by atoms with Crippen LogP contribution in [0.15, 0.2) is 109 Å². The van der Waals surface area contributed by atoms with Crippen LogP contribution in [0.3, 0.4) is 0 Å². The first kappa shape index (κ1) is 25.1. The molecule has 2 nitrogen and oxygen atoms in total. The van der Waals surface area contributed by atoms with Gasteiger partial charge < -0.3 is 4.57 Å². The fraction of sp³-hybridized carbons (Fsp3) is 0.216. The Bertz CT molecular complexity index is 1790. The molecule has 194 valence electrons. The highest BCUT2D eigenvalue weighted by molar-refractivity contribution is 6.10. The number of hydrogen-bond acceptors (Lipinski definition) is 1. The van der Waals surface area contributed by atoms with E-state index in [0.717, 1.165) is 16.9 Å². The van der Waals surface area contributed by atoms with Gasteiger partial charge in [0.15, 0.2) is 0 Å². The quantitative estimate of drug-likeness (QED) is 0.232. The van der Waals surface area contributed by atoms with Crippen molar-refractivity contribution in [1.82, 2.24) is 9.55 Å². The van der Waals surface area contributed by atoms with E-state index < -0.39 is 0 Å². The van der Waals surface area contributed by atoms with Crippen molar-refractivity contribution in [3.05, 3.63) is 120 Å². The molecule has 0 amide bonds. The van der Waals surface area contributed by atoms with E-state index in [-0.39, 0.29) is 10.8 Å². The first-order chi connectivity index (χ1) is 18.6. The van der Waals surface area contributed by atoms with Gasteiger partial charge >= 0.3 is 0 Å². The molecule has 0 fully saturated rings. The normalized spacial score (nSPS) is 12.4. The number of benzene rings is 4. The summed E-state index contributed by atoms with van der Waals surface area (Å²) in [7, 11) is 0. The lowest BCUT2D eigenvalue weighted by Gasteiger charge is -2.19. The number of nitrogens with zero attached hydrogens (tertiary/aromatic N) is 2. The second-order valence-electron chi connectivity index (χ2n) is 12.6. The molecule has 0 N–H and O–H groups in total. The Morgan fingerprint density at radius 3 is 1.77 bits per heavy atom. The number of pyridine rings is 1. The van der Waals surface area contributed by atoms with Crippen LogP contribution < -0.4 is 0 Å². The smallest absolute Gasteiger partial charge is 0.0722 e. The van der Waals surface area contributed by atoms with Crippen LogP contribution in [0.25, 0.3) is 49.9 Å². The maximum Gasteiger partial charge on any atom is 0.0722 e. The summed E-state index contributed by atoms with van der Waals surface area (Å²) in [5.41, 5.74) is 11.0. The fourth-order valence-corrected chi connectivity index (χ4v) is 5.44. The zero-order chi connectivity index (χ0) is 27.4. The van der Waals surface area contributed by atoms with Crippen molar-refractivity contribution in [2.45, 2.75) is 52.4 Å². The molecule has 0 radical (unpaired) electrons. The molecule has 0 saturated heterocycles. The second kappa shape index (κ2) is 9.24. The third-order valence-corrected chi connectivity index (χ3v) is 7.79. The monoisotopic (exact) mass is 508 g/mol. The summed E-state index contributed by atoms with van der Waals surface area (Å²) in [6.07, 6.45) is 1.93. The van der Waals surface area contributed by atoms with Crippen LogP contribution in [-0.4, -0.2) is 9.55 Å². The average molecular weight is 509 g/mol. The van der Waals surface area contributed by atoms with E-state index in [2.05, 4.69) is 149 Å². The number of aromatic nitrogens is 2. The van der Waals surface area contributed by atoms with Crippen molar-refractivity contribution in [2.24, 2.45) is 0 Å². The standard InChI is InChI=1S/C37H36N2/c1-36(2,3)28-15-12-26(13-16-28)33-24-30(20-21-38-33)39-34-18-14-27(25-10-8-7-9-11-25)22-31(34)32-23-29(37(4,5)6)17-19-35(32)39/h7-24H,1-6H3. The van der Waals surface area contributed by atoms with E-state index >= 15 is 0 Å². The molecule has 0 aliphatic carbocycles. The summed E-state index contributed by atoms with van der Waals surface area (Å²) in [6.45, 7) is 13.6. The minimum absolute atomic E-state index is 0.0721. The Balaban J connectivity index is 1.56. The molecule has 0 atom stereocenters. The van der Waals surface area contributed by atoms with Crippen LogP contribution >= 0.6 is 0 Å². The summed E-state index contributed by atoms with van der Waals surface area (Å²) >= 11 is 0. The zero-order valence-corrected chi connectivity index (χ0v) is 23.8. The van der Waals surface area contributed by atoms with Crippen molar-refractivity contribution < 1.29 is 0 Å². The Morgan fingerprint density at radius 1 is 0.513 bits per heavy atom. The van der Waals surface area contributed by atoms with Crippen LogP contribution in [0.4, 0.5) is 0 Å². The molecule has 0 aliphatic heterocycles. The van der Waals surface area contributed by atoms with Crippen molar-refractivity contribution in [3.63, 3.8) is 0 Å². The van der Waals surface area contributed by atoms with Crippen molar-refractivity contribution in [1.29, 1.82) is 0 Å². The van der Waals surface area contributed by atoms with Gasteiger partial charge in [-0.1, -0.05) is 108 Å². The summed E-state index contributed by atoms with van der Waals surface area (Å²) in [6, 6.07) is 37.6.